The predicted molar refractivity (Wildman–Crippen MR) is 114 cm³/mol. The van der Waals surface area contributed by atoms with E-state index in [9.17, 15) is 0 Å². The van der Waals surface area contributed by atoms with Gasteiger partial charge in [0.1, 0.15) is 0 Å². The molecule has 0 aromatic rings. The Hall–Kier alpha value is 2.76. The van der Waals surface area contributed by atoms with E-state index < -0.39 is 32.2 Å². The third-order valence-electron chi connectivity index (χ3n) is 3.68. The molecule has 22 heavy (non-hydrogen) atoms. The van der Waals surface area contributed by atoms with Crippen LogP contribution < -0.4 is 0 Å². The van der Waals surface area contributed by atoms with Gasteiger partial charge in [0.2, 0.25) is 0 Å². The number of hydrogen-bond donors (Lipinski definition) is 0. The first-order valence-corrected chi connectivity index (χ1v) is 29.7. The second-order valence-corrected chi connectivity index (χ2v) is 47.6. The molecule has 0 aliphatic heterocycles. The Kier molecular flexibility index (Phi) is 14.1. The fraction of sp³-hybridized carbons (Fsp3) is 1.00. The molecule has 0 heterocycles. The van der Waals surface area contributed by atoms with Crippen molar-refractivity contribution in [3.8, 4) is 0 Å². The van der Waals surface area contributed by atoms with Crippen molar-refractivity contribution in [3.63, 3.8) is 0 Å². The second kappa shape index (κ2) is 11.5. The molecule has 0 unspecified atom stereocenters. The second-order valence-electron chi connectivity index (χ2n) is 8.14. The van der Waals surface area contributed by atoms with Gasteiger partial charge in [-0.15, -0.1) is 0 Å². The molecule has 6 heteroatoms. The van der Waals surface area contributed by atoms with E-state index in [-0.39, 0.29) is 6.86 Å². The monoisotopic (exact) mass is 608 g/mol. The molecule has 0 rings (SSSR count). The van der Waals surface area contributed by atoms with Crippen LogP contribution in [-0.2, 0) is 0 Å². The van der Waals surface area contributed by atoms with Crippen molar-refractivity contribution in [2.45, 2.75) is 96.8 Å². The van der Waals surface area contributed by atoms with Gasteiger partial charge in [-0.3, -0.25) is 0 Å². The first-order valence-electron chi connectivity index (χ1n) is 8.38. The number of unbranched alkanes of at least 4 members (excludes halogenated alkanes) is 2. The molecular weight excluding hydrogens is 571 g/mol. The van der Waals surface area contributed by atoms with Crippen molar-refractivity contribution >= 4 is 67.9 Å². The summed E-state index contributed by atoms with van der Waals surface area (Å²) in [5.74, 6) is 0. The average molecular weight is 608 g/mol. The Bertz CT molecular complexity index is 266. The SMILES string of the molecule is CCC[CH2][Sn]([Cl])([Cl])[CH2]CCC.C[C](C)(C)[Sn]([Cl])([Cl])[C](C)(C)C. The first kappa shape index (κ1) is 27.0. The molecule has 0 fully saturated rings. The van der Waals surface area contributed by atoms with Crippen LogP contribution in [0.3, 0.4) is 0 Å². The van der Waals surface area contributed by atoms with Gasteiger partial charge in [-0.05, 0) is 0 Å². The Balaban J connectivity index is 0. The van der Waals surface area contributed by atoms with Crippen LogP contribution in [0, 0.1) is 0 Å². The summed E-state index contributed by atoms with van der Waals surface area (Å²) >= 11 is -5.41. The Morgan fingerprint density at radius 3 is 1.05 bits per heavy atom. The zero-order valence-electron chi connectivity index (χ0n) is 15.8. The normalized spacial score (nSPS) is 13.6. The predicted octanol–water partition coefficient (Wildman–Crippen LogP) is 9.01. The van der Waals surface area contributed by atoms with Crippen LogP contribution in [0.2, 0.25) is 15.7 Å². The summed E-state index contributed by atoms with van der Waals surface area (Å²) in [6.07, 6.45) is 4.91. The van der Waals surface area contributed by atoms with Crippen molar-refractivity contribution in [3.05, 3.63) is 0 Å². The molecule has 0 aliphatic rings. The maximum absolute atomic E-state index is 6.46. The summed E-state index contributed by atoms with van der Waals surface area (Å²) in [7, 11) is 25.5. The molecule has 0 amide bonds. The van der Waals surface area contributed by atoms with Crippen LogP contribution in [0.5, 0.6) is 0 Å². The first-order chi connectivity index (χ1) is 9.62. The fourth-order valence-electron chi connectivity index (χ4n) is 2.12. The molecule has 0 saturated carbocycles. The third kappa shape index (κ3) is 11.4. The van der Waals surface area contributed by atoms with Crippen LogP contribution in [0.4, 0.5) is 0 Å². The Morgan fingerprint density at radius 2 is 0.909 bits per heavy atom. The summed E-state index contributed by atoms with van der Waals surface area (Å²) in [5.41, 5.74) is 0. The van der Waals surface area contributed by atoms with Crippen molar-refractivity contribution in [1.82, 2.24) is 0 Å². The van der Waals surface area contributed by atoms with Crippen LogP contribution >= 0.6 is 35.7 Å². The molecule has 0 spiro atoms. The van der Waals surface area contributed by atoms with E-state index in [2.05, 4.69) is 55.4 Å². The van der Waals surface area contributed by atoms with Gasteiger partial charge in [0.05, 0.1) is 0 Å². The van der Waals surface area contributed by atoms with Gasteiger partial charge in [0.25, 0.3) is 0 Å². The summed E-state index contributed by atoms with van der Waals surface area (Å²) < 4.78 is 2.54. The maximum atomic E-state index is 6.46. The molecule has 0 aliphatic carbocycles. The molecule has 0 radical (unpaired) electrons. The zero-order chi connectivity index (χ0) is 18.2. The van der Waals surface area contributed by atoms with Crippen molar-refractivity contribution in [1.29, 1.82) is 0 Å². The van der Waals surface area contributed by atoms with E-state index in [0.717, 1.165) is 8.87 Å². The van der Waals surface area contributed by atoms with Crippen LogP contribution in [-0.4, -0.2) is 32.2 Å². The fourth-order valence-corrected chi connectivity index (χ4v) is 17.8. The standard InChI is InChI=1S/4C4H9.4ClH.2Sn/c2*1-4(2)3;2*1-3-4-2;;;;;;/h2*1-3H3;2*1,3-4H2,2H3;4*1H;;/q;;;;;;;;2*+2/p-4. The van der Waals surface area contributed by atoms with Crippen LogP contribution in [0.1, 0.15) is 81.1 Å². The summed E-state index contributed by atoms with van der Waals surface area (Å²) in [4.78, 5) is 0. The van der Waals surface area contributed by atoms with E-state index >= 15 is 0 Å². The molecule has 0 atom stereocenters. The number of hydrogen-bond acceptors (Lipinski definition) is 0. The Labute approximate surface area is 163 Å². The molecule has 0 aromatic heterocycles. The van der Waals surface area contributed by atoms with Crippen LogP contribution in [0.15, 0.2) is 0 Å². The molecular formula is C16H36Cl4Sn2. The molecule has 0 bridgehead atoms. The third-order valence-corrected chi connectivity index (χ3v) is 40.9. The van der Waals surface area contributed by atoms with Crippen molar-refractivity contribution in [2.24, 2.45) is 0 Å². The molecule has 0 N–H and O–H groups in total. The van der Waals surface area contributed by atoms with Crippen molar-refractivity contribution < 1.29 is 0 Å². The van der Waals surface area contributed by atoms with Gasteiger partial charge < -0.3 is 0 Å². The van der Waals surface area contributed by atoms with Gasteiger partial charge in [0.15, 0.2) is 0 Å². The van der Waals surface area contributed by atoms with E-state index in [1.807, 2.05) is 0 Å². The summed E-state index contributed by atoms with van der Waals surface area (Å²) in [6.45, 7) is 17.3. The number of halogens is 4. The van der Waals surface area contributed by atoms with Crippen LogP contribution in [0.25, 0.3) is 0 Å². The van der Waals surface area contributed by atoms with Gasteiger partial charge in [-0.25, -0.2) is 0 Å². The topological polar surface area (TPSA) is 0 Å². The molecule has 0 saturated heterocycles. The molecule has 0 aromatic carbocycles. The minimum atomic E-state index is -2.92. The average Bonchev–Trinajstić information content (AvgIpc) is 2.32. The van der Waals surface area contributed by atoms with E-state index in [1.165, 1.54) is 25.7 Å². The Morgan fingerprint density at radius 1 is 0.636 bits per heavy atom. The van der Waals surface area contributed by atoms with Crippen molar-refractivity contribution in [2.75, 3.05) is 0 Å². The van der Waals surface area contributed by atoms with Gasteiger partial charge >= 0.3 is 165 Å². The van der Waals surface area contributed by atoms with Gasteiger partial charge in [-0.2, -0.15) is 0 Å². The van der Waals surface area contributed by atoms with Gasteiger partial charge in [0, 0.05) is 0 Å². The van der Waals surface area contributed by atoms with E-state index in [4.69, 9.17) is 35.7 Å². The zero-order valence-corrected chi connectivity index (χ0v) is 24.5. The number of rotatable bonds is 6. The molecule has 136 valence electrons. The van der Waals surface area contributed by atoms with E-state index in [1.54, 1.807) is 0 Å². The molecule has 0 nitrogen and oxygen atoms in total. The summed E-state index contributed by atoms with van der Waals surface area (Å²) in [6, 6.07) is 0. The van der Waals surface area contributed by atoms with Gasteiger partial charge in [-0.1, -0.05) is 0 Å². The summed E-state index contributed by atoms with van der Waals surface area (Å²) in [5, 5.41) is 0. The quantitative estimate of drug-likeness (QED) is 0.265. The van der Waals surface area contributed by atoms with E-state index in [0.29, 0.717) is 0 Å². The minimum absolute atomic E-state index is 0.121.